The van der Waals surface area contributed by atoms with Gasteiger partial charge in [-0.05, 0) is 32.3 Å². The molecule has 0 aromatic carbocycles. The Bertz CT molecular complexity index is 1080. The Morgan fingerprint density at radius 2 is 2.03 bits per heavy atom. The molecule has 2 aromatic heterocycles. The number of piperazine rings is 1. The van der Waals surface area contributed by atoms with Gasteiger partial charge in [0.15, 0.2) is 0 Å². The van der Waals surface area contributed by atoms with Crippen molar-refractivity contribution < 1.29 is 9.53 Å². The van der Waals surface area contributed by atoms with Crippen LogP contribution in [0.15, 0.2) is 18.5 Å². The van der Waals surface area contributed by atoms with Gasteiger partial charge in [0.25, 0.3) is 0 Å². The molecule has 0 N–H and O–H groups in total. The first-order chi connectivity index (χ1) is 15.0. The van der Waals surface area contributed by atoms with Gasteiger partial charge in [-0.2, -0.15) is 5.26 Å². The fourth-order valence-corrected chi connectivity index (χ4v) is 4.45. The third-order valence-electron chi connectivity index (χ3n) is 6.63. The monoisotopic (exact) mass is 418 g/mol. The lowest BCUT2D eigenvalue weighted by molar-refractivity contribution is 0.0259. The van der Waals surface area contributed by atoms with E-state index < -0.39 is 0 Å². The molecule has 1 saturated heterocycles. The number of hydrogen-bond donors (Lipinski definition) is 0. The van der Waals surface area contributed by atoms with Gasteiger partial charge in [0, 0.05) is 68.9 Å². The molecule has 8 heteroatoms. The molecule has 160 valence electrons. The summed E-state index contributed by atoms with van der Waals surface area (Å²) in [6.45, 7) is 4.58. The standard InChI is InChI=1S/C23H26N6O2/c1-15-26-20(14-27(15)2)17-12-19-22(18(17)13-24)21(6-7-25-19)28-8-10-29(11-9-28)23(30)31-16-4-3-5-16/h6-7,14,16H,3-5,8-12H2,1-2H3. The second kappa shape index (κ2) is 7.73. The van der Waals surface area contributed by atoms with Gasteiger partial charge in [-0.3, -0.25) is 4.98 Å². The number of carbonyl (C=O) groups excluding carboxylic acids is 1. The Morgan fingerprint density at radius 1 is 1.26 bits per heavy atom. The number of imidazole rings is 1. The summed E-state index contributed by atoms with van der Waals surface area (Å²) in [5, 5.41) is 10.0. The van der Waals surface area contributed by atoms with Crippen LogP contribution in [0.25, 0.3) is 11.1 Å². The van der Waals surface area contributed by atoms with Gasteiger partial charge < -0.3 is 19.1 Å². The molecule has 8 nitrogen and oxygen atoms in total. The lowest BCUT2D eigenvalue weighted by atomic mass is 9.96. The topological polar surface area (TPSA) is 87.3 Å². The molecule has 1 aliphatic heterocycles. The van der Waals surface area contributed by atoms with Crippen molar-refractivity contribution >= 4 is 22.9 Å². The van der Waals surface area contributed by atoms with Gasteiger partial charge in [-0.25, -0.2) is 9.78 Å². The van der Waals surface area contributed by atoms with Gasteiger partial charge in [-0.15, -0.1) is 0 Å². The molecular formula is C23H26N6O2. The highest BCUT2D eigenvalue weighted by atomic mass is 16.6. The van der Waals surface area contributed by atoms with E-state index in [2.05, 4.69) is 20.9 Å². The highest BCUT2D eigenvalue weighted by molar-refractivity contribution is 6.04. The highest BCUT2D eigenvalue weighted by Crippen LogP contribution is 2.41. The summed E-state index contributed by atoms with van der Waals surface area (Å²) in [5.74, 6) is 0.911. The zero-order valence-corrected chi connectivity index (χ0v) is 18.0. The maximum Gasteiger partial charge on any atom is 0.410 e. The van der Waals surface area contributed by atoms with Crippen molar-refractivity contribution in [2.24, 2.45) is 7.05 Å². The average molecular weight is 419 g/mol. The number of amides is 1. The van der Waals surface area contributed by atoms with E-state index in [-0.39, 0.29) is 12.2 Å². The van der Waals surface area contributed by atoms with Gasteiger partial charge in [-0.1, -0.05) is 0 Å². The molecule has 0 atom stereocenters. The maximum absolute atomic E-state index is 12.4. The number of nitrogens with zero attached hydrogens (tertiary/aromatic N) is 6. The zero-order valence-electron chi connectivity index (χ0n) is 18.0. The fraction of sp³-hybridized carbons (Fsp3) is 0.478. The highest BCUT2D eigenvalue weighted by Gasteiger charge is 2.32. The Morgan fingerprint density at radius 3 is 2.65 bits per heavy atom. The molecule has 2 aliphatic carbocycles. The Labute approximate surface area is 181 Å². The van der Waals surface area contributed by atoms with Crippen molar-refractivity contribution in [2.75, 3.05) is 31.1 Å². The molecule has 0 spiro atoms. The van der Waals surface area contributed by atoms with Gasteiger partial charge in [0.05, 0.1) is 17.0 Å². The molecule has 3 aliphatic rings. The predicted octanol–water partition coefficient (Wildman–Crippen LogP) is 2.93. The van der Waals surface area contributed by atoms with E-state index in [0.29, 0.717) is 38.2 Å². The van der Waals surface area contributed by atoms with Crippen LogP contribution in [-0.4, -0.2) is 57.8 Å². The predicted molar refractivity (Wildman–Crippen MR) is 116 cm³/mol. The number of carbonyl (C=O) groups is 1. The fourth-order valence-electron chi connectivity index (χ4n) is 4.45. The van der Waals surface area contributed by atoms with Gasteiger partial charge >= 0.3 is 6.09 Å². The molecule has 31 heavy (non-hydrogen) atoms. The molecule has 2 aromatic rings. The van der Waals surface area contributed by atoms with Crippen LogP contribution < -0.4 is 4.90 Å². The number of anilines is 1. The van der Waals surface area contributed by atoms with E-state index in [1.807, 2.05) is 37.0 Å². The van der Waals surface area contributed by atoms with Gasteiger partial charge in [0.1, 0.15) is 18.0 Å². The Hall–Kier alpha value is -3.34. The number of aromatic nitrogens is 3. The third-order valence-corrected chi connectivity index (χ3v) is 6.63. The van der Waals surface area contributed by atoms with Crippen molar-refractivity contribution in [1.82, 2.24) is 19.4 Å². The van der Waals surface area contributed by atoms with Crippen LogP contribution in [0.3, 0.4) is 0 Å². The SMILES string of the molecule is Cc1nc(C2=C(C#N)c3c(N4CCN(C(=O)OC5CCC5)CC4)ccnc3C2)cn1C. The number of rotatable bonds is 3. The second-order valence-corrected chi connectivity index (χ2v) is 8.49. The minimum absolute atomic E-state index is 0.103. The molecule has 1 saturated carbocycles. The minimum atomic E-state index is -0.199. The molecule has 2 fully saturated rings. The number of pyridine rings is 1. The smallest absolute Gasteiger partial charge is 0.410 e. The van der Waals surface area contributed by atoms with E-state index in [1.54, 1.807) is 4.90 Å². The van der Waals surface area contributed by atoms with Crippen molar-refractivity contribution in [3.63, 3.8) is 0 Å². The Balaban J connectivity index is 1.38. The lowest BCUT2D eigenvalue weighted by Crippen LogP contribution is -2.50. The number of hydrogen-bond acceptors (Lipinski definition) is 6. The van der Waals surface area contributed by atoms with E-state index in [0.717, 1.165) is 53.3 Å². The summed E-state index contributed by atoms with van der Waals surface area (Å²) >= 11 is 0. The zero-order chi connectivity index (χ0) is 21.5. The normalized spacial score (nSPS) is 18.6. The molecule has 0 bridgehead atoms. The van der Waals surface area contributed by atoms with Crippen molar-refractivity contribution in [3.05, 3.63) is 41.2 Å². The summed E-state index contributed by atoms with van der Waals surface area (Å²) in [7, 11) is 1.96. The lowest BCUT2D eigenvalue weighted by Gasteiger charge is -2.37. The molecule has 0 unspecified atom stereocenters. The maximum atomic E-state index is 12.4. The molecular weight excluding hydrogens is 392 g/mol. The minimum Gasteiger partial charge on any atom is -0.446 e. The quantitative estimate of drug-likeness (QED) is 0.762. The first kappa shape index (κ1) is 19.6. The van der Waals surface area contributed by atoms with Crippen LogP contribution in [0.1, 0.15) is 42.0 Å². The molecule has 0 radical (unpaired) electrons. The summed E-state index contributed by atoms with van der Waals surface area (Å²) in [6.07, 6.45) is 7.41. The molecule has 5 rings (SSSR count). The van der Waals surface area contributed by atoms with Crippen molar-refractivity contribution in [1.29, 1.82) is 5.26 Å². The van der Waals surface area contributed by atoms with E-state index in [9.17, 15) is 10.1 Å². The first-order valence-corrected chi connectivity index (χ1v) is 10.9. The van der Waals surface area contributed by atoms with E-state index in [4.69, 9.17) is 4.74 Å². The number of allylic oxidation sites excluding steroid dienone is 2. The largest absolute Gasteiger partial charge is 0.446 e. The average Bonchev–Trinajstić information content (AvgIpc) is 3.30. The summed E-state index contributed by atoms with van der Waals surface area (Å²) < 4.78 is 7.52. The van der Waals surface area contributed by atoms with Crippen LogP contribution in [0.5, 0.6) is 0 Å². The van der Waals surface area contributed by atoms with Crippen LogP contribution in [0.2, 0.25) is 0 Å². The number of fused-ring (bicyclic) bond motifs is 1. The summed E-state index contributed by atoms with van der Waals surface area (Å²) in [6, 6.07) is 4.39. The number of aryl methyl sites for hydroxylation is 2. The van der Waals surface area contributed by atoms with Gasteiger partial charge in [0.2, 0.25) is 0 Å². The van der Waals surface area contributed by atoms with Crippen LogP contribution in [-0.2, 0) is 18.2 Å². The van der Waals surface area contributed by atoms with Crippen LogP contribution in [0.4, 0.5) is 10.5 Å². The van der Waals surface area contributed by atoms with Crippen LogP contribution in [0, 0.1) is 18.3 Å². The number of ether oxygens (including phenoxy) is 1. The van der Waals surface area contributed by atoms with Crippen LogP contribution >= 0.6 is 0 Å². The summed E-state index contributed by atoms with van der Waals surface area (Å²) in [5.41, 5.74) is 5.26. The molecule has 3 heterocycles. The Kier molecular flexibility index (Phi) is 4.89. The van der Waals surface area contributed by atoms with E-state index in [1.165, 1.54) is 0 Å². The van der Waals surface area contributed by atoms with Crippen molar-refractivity contribution in [2.45, 2.75) is 38.7 Å². The first-order valence-electron chi connectivity index (χ1n) is 10.9. The van der Waals surface area contributed by atoms with E-state index >= 15 is 0 Å². The second-order valence-electron chi connectivity index (χ2n) is 8.49. The molecule has 1 amide bonds. The number of nitriles is 1. The van der Waals surface area contributed by atoms with Crippen molar-refractivity contribution in [3.8, 4) is 6.07 Å². The summed E-state index contributed by atoms with van der Waals surface area (Å²) in [4.78, 5) is 25.6. The third kappa shape index (κ3) is 3.44.